The van der Waals surface area contributed by atoms with E-state index < -0.39 is 22.5 Å². The zero-order valence-electron chi connectivity index (χ0n) is 18.1. The normalized spacial score (nSPS) is 14.3. The van der Waals surface area contributed by atoms with E-state index in [9.17, 15) is 13.2 Å². The van der Waals surface area contributed by atoms with Gasteiger partial charge < -0.3 is 10.5 Å². The molecule has 0 saturated carbocycles. The summed E-state index contributed by atoms with van der Waals surface area (Å²) in [6.45, 7) is 1.29. The summed E-state index contributed by atoms with van der Waals surface area (Å²) < 4.78 is 31.5. The number of likely N-dealkylation sites (N-methyl/N-ethyl adjacent to an activating group) is 1. The molecule has 1 aliphatic carbocycles. The highest BCUT2D eigenvalue weighted by Gasteiger charge is 2.24. The number of carbonyl (C=O) groups excluding carboxylic acids is 1. The Hall–Kier alpha value is -2.56. The molecule has 2 aromatic heterocycles. The van der Waals surface area contributed by atoms with Crippen LogP contribution in [0.2, 0.25) is 0 Å². The van der Waals surface area contributed by atoms with Crippen LogP contribution in [0.1, 0.15) is 41.1 Å². The first-order chi connectivity index (χ1) is 15.3. The van der Waals surface area contributed by atoms with Crippen LogP contribution in [0.25, 0.3) is 10.2 Å². The Bertz CT molecular complexity index is 1250. The number of carbonyl (C=O) groups is 1. The molecule has 1 aliphatic rings. The van der Waals surface area contributed by atoms with Gasteiger partial charge >= 0.3 is 5.97 Å². The number of ether oxygens (including phenoxy) is 1. The lowest BCUT2D eigenvalue weighted by Crippen LogP contribution is -2.33. The van der Waals surface area contributed by atoms with E-state index in [4.69, 9.17) is 10.5 Å². The summed E-state index contributed by atoms with van der Waals surface area (Å²) in [6, 6.07) is 6.45. The Morgan fingerprint density at radius 1 is 1.16 bits per heavy atom. The Kier molecular flexibility index (Phi) is 6.45. The molecule has 0 bridgehead atoms. The molecule has 0 atom stereocenters. The van der Waals surface area contributed by atoms with Gasteiger partial charge in [-0.25, -0.2) is 18.4 Å². The number of esters is 1. The second-order valence-electron chi connectivity index (χ2n) is 8.00. The predicted octanol–water partition coefficient (Wildman–Crippen LogP) is 3.21. The van der Waals surface area contributed by atoms with Crippen molar-refractivity contribution in [1.29, 1.82) is 0 Å². The van der Waals surface area contributed by atoms with Crippen molar-refractivity contribution in [2.24, 2.45) is 0 Å². The number of nitrogens with two attached hydrogens (primary N) is 1. The van der Waals surface area contributed by atoms with Crippen molar-refractivity contribution in [3.8, 4) is 0 Å². The molecule has 0 amide bonds. The Labute approximate surface area is 191 Å². The third-order valence-corrected chi connectivity index (χ3v) is 8.59. The van der Waals surface area contributed by atoms with Crippen LogP contribution < -0.4 is 5.73 Å². The molecule has 10 heteroatoms. The van der Waals surface area contributed by atoms with Gasteiger partial charge in [-0.05, 0) is 50.3 Å². The first-order valence-electron chi connectivity index (χ1n) is 10.5. The fourth-order valence-corrected chi connectivity index (χ4v) is 6.22. The molecular weight excluding hydrogens is 448 g/mol. The molecule has 0 aliphatic heterocycles. The van der Waals surface area contributed by atoms with E-state index in [-0.39, 0.29) is 11.5 Å². The lowest BCUT2D eigenvalue weighted by atomic mass is 10.1. The average Bonchev–Trinajstić information content (AvgIpc) is 2.94. The molecule has 32 heavy (non-hydrogen) atoms. The number of anilines is 1. The van der Waals surface area contributed by atoms with Crippen molar-refractivity contribution < 1.29 is 17.9 Å². The van der Waals surface area contributed by atoms with Crippen molar-refractivity contribution in [3.63, 3.8) is 0 Å². The van der Waals surface area contributed by atoms with Crippen molar-refractivity contribution in [2.45, 2.75) is 50.5 Å². The fraction of sp³-hybridized carbons (Fsp3) is 0.409. The number of nitrogens with zero attached hydrogens (tertiary/aromatic N) is 3. The number of thiophene rings is 1. The van der Waals surface area contributed by atoms with Crippen molar-refractivity contribution >= 4 is 43.4 Å². The molecule has 0 radical (unpaired) electrons. The van der Waals surface area contributed by atoms with Crippen LogP contribution in [0.15, 0.2) is 29.2 Å². The third kappa shape index (κ3) is 4.62. The summed E-state index contributed by atoms with van der Waals surface area (Å²) in [5, 5.41) is 0.922. The van der Waals surface area contributed by atoms with Gasteiger partial charge in [-0.3, -0.25) is 4.79 Å². The third-order valence-electron chi connectivity index (χ3n) is 5.58. The number of aryl methyl sites for hydroxylation is 3. The first-order valence-corrected chi connectivity index (χ1v) is 12.8. The number of rotatable bonds is 6. The van der Waals surface area contributed by atoms with Crippen molar-refractivity contribution in [1.82, 2.24) is 14.3 Å². The Morgan fingerprint density at radius 3 is 2.62 bits per heavy atom. The van der Waals surface area contributed by atoms with E-state index in [1.165, 1.54) is 36.0 Å². The fourth-order valence-electron chi connectivity index (χ4n) is 3.82. The predicted molar refractivity (Wildman–Crippen MR) is 124 cm³/mol. The largest absolute Gasteiger partial charge is 0.456 e. The number of fused-ring (bicyclic) bond motifs is 3. The van der Waals surface area contributed by atoms with E-state index >= 15 is 0 Å². The van der Waals surface area contributed by atoms with Gasteiger partial charge in [-0.15, -0.1) is 11.3 Å². The average molecular weight is 475 g/mol. The second kappa shape index (κ2) is 9.13. The molecule has 0 unspecified atom stereocenters. The van der Waals surface area contributed by atoms with Crippen LogP contribution in [-0.2, 0) is 39.0 Å². The highest BCUT2D eigenvalue weighted by atomic mass is 32.2. The topological polar surface area (TPSA) is 115 Å². The van der Waals surface area contributed by atoms with E-state index in [0.717, 1.165) is 45.8 Å². The number of benzene rings is 1. The maximum absolute atomic E-state index is 12.6. The lowest BCUT2D eigenvalue weighted by molar-refractivity contribution is -0.145. The second-order valence-corrected chi connectivity index (χ2v) is 11.1. The van der Waals surface area contributed by atoms with Gasteiger partial charge in [0, 0.05) is 11.9 Å². The number of sulfonamides is 1. The SMILES string of the molecule is Cc1ccc(S(=O)(=O)N(C)CC(=O)OCc2nc(N)c3c4c(sc3n2)CCCCC4)cc1. The molecular formula is C22H26N4O4S2. The highest BCUT2D eigenvalue weighted by Crippen LogP contribution is 2.37. The molecule has 3 aromatic rings. The molecule has 170 valence electrons. The minimum Gasteiger partial charge on any atom is -0.456 e. The summed E-state index contributed by atoms with van der Waals surface area (Å²) in [5.41, 5.74) is 8.43. The standard InChI is InChI=1S/C22H26N4O4S2/c1-14-8-10-15(11-9-14)32(28,29)26(2)12-19(27)30-13-18-24-21(23)20-16-6-4-3-5-7-17(16)31-22(20)25-18/h8-11H,3-7,12-13H2,1-2H3,(H2,23,24,25). The minimum absolute atomic E-state index is 0.123. The number of hydrogen-bond acceptors (Lipinski definition) is 8. The Balaban J connectivity index is 1.43. The van der Waals surface area contributed by atoms with Crippen molar-refractivity contribution in [2.75, 3.05) is 19.3 Å². The summed E-state index contributed by atoms with van der Waals surface area (Å²) in [7, 11) is -2.45. The summed E-state index contributed by atoms with van der Waals surface area (Å²) in [4.78, 5) is 23.4. The van der Waals surface area contributed by atoms with Crippen molar-refractivity contribution in [3.05, 3.63) is 46.1 Å². The number of aromatic nitrogens is 2. The molecule has 2 N–H and O–H groups in total. The highest BCUT2D eigenvalue weighted by molar-refractivity contribution is 7.89. The van der Waals surface area contributed by atoms with Crippen LogP contribution in [-0.4, -0.2) is 42.3 Å². The Morgan fingerprint density at radius 2 is 1.88 bits per heavy atom. The zero-order chi connectivity index (χ0) is 22.9. The molecule has 0 saturated heterocycles. The maximum atomic E-state index is 12.6. The van der Waals surface area contributed by atoms with E-state index in [1.54, 1.807) is 23.5 Å². The van der Waals surface area contributed by atoms with E-state index in [1.807, 2.05) is 6.92 Å². The number of nitrogen functional groups attached to an aromatic ring is 1. The molecule has 8 nitrogen and oxygen atoms in total. The molecule has 2 heterocycles. The molecule has 4 rings (SSSR count). The van der Waals surface area contributed by atoms with Gasteiger partial charge in [-0.1, -0.05) is 24.1 Å². The van der Waals surface area contributed by atoms with Crippen LogP contribution >= 0.6 is 11.3 Å². The van der Waals surface area contributed by atoms with Gasteiger partial charge in [0.05, 0.1) is 10.3 Å². The van der Waals surface area contributed by atoms with Crippen LogP contribution in [0.3, 0.4) is 0 Å². The van der Waals surface area contributed by atoms with E-state index in [2.05, 4.69) is 9.97 Å². The summed E-state index contributed by atoms with van der Waals surface area (Å²) >= 11 is 1.63. The summed E-state index contributed by atoms with van der Waals surface area (Å²) in [5.74, 6) is 0.0238. The number of hydrogen-bond donors (Lipinski definition) is 1. The van der Waals surface area contributed by atoms with Gasteiger partial charge in [0.1, 0.15) is 17.2 Å². The minimum atomic E-state index is -3.79. The van der Waals surface area contributed by atoms with Crippen LogP contribution in [0.5, 0.6) is 0 Å². The molecule has 0 spiro atoms. The molecule has 0 fully saturated rings. The van der Waals surface area contributed by atoms with Crippen LogP contribution in [0, 0.1) is 6.92 Å². The zero-order valence-corrected chi connectivity index (χ0v) is 19.8. The maximum Gasteiger partial charge on any atom is 0.321 e. The lowest BCUT2D eigenvalue weighted by Gasteiger charge is -2.16. The van der Waals surface area contributed by atoms with Crippen LogP contribution in [0.4, 0.5) is 5.82 Å². The smallest absolute Gasteiger partial charge is 0.321 e. The first kappa shape index (κ1) is 22.6. The quantitative estimate of drug-likeness (QED) is 0.431. The monoisotopic (exact) mass is 474 g/mol. The van der Waals surface area contributed by atoms with Gasteiger partial charge in [0.2, 0.25) is 10.0 Å². The van der Waals surface area contributed by atoms with Gasteiger partial charge in [-0.2, -0.15) is 4.31 Å². The summed E-state index contributed by atoms with van der Waals surface area (Å²) in [6.07, 6.45) is 5.53. The van der Waals surface area contributed by atoms with Gasteiger partial charge in [0.25, 0.3) is 0 Å². The van der Waals surface area contributed by atoms with E-state index in [0.29, 0.717) is 11.6 Å². The molecule has 1 aromatic carbocycles. The van der Waals surface area contributed by atoms with Gasteiger partial charge in [0.15, 0.2) is 12.4 Å².